The first-order valence-electron chi connectivity index (χ1n) is 3.81. The fourth-order valence-corrected chi connectivity index (χ4v) is 2.22. The maximum absolute atomic E-state index is 10.9. The summed E-state index contributed by atoms with van der Waals surface area (Å²) in [5.41, 5.74) is 1.36. The van der Waals surface area contributed by atoms with Gasteiger partial charge in [0.2, 0.25) is 0 Å². The Kier molecular flexibility index (Phi) is 1.57. The first-order chi connectivity index (χ1) is 5.29. The van der Waals surface area contributed by atoms with Gasteiger partial charge in [0.1, 0.15) is 5.78 Å². The van der Waals surface area contributed by atoms with Crippen LogP contribution in [0.2, 0.25) is 0 Å². The van der Waals surface area contributed by atoms with Crippen LogP contribution in [0.3, 0.4) is 0 Å². The molecule has 0 aliphatic heterocycles. The smallest absolute Gasteiger partial charge is 0.133 e. The zero-order chi connectivity index (χ0) is 7.84. The van der Waals surface area contributed by atoms with Crippen LogP contribution >= 0.6 is 11.3 Å². The molecule has 0 N–H and O–H groups in total. The van der Waals surface area contributed by atoms with Gasteiger partial charge in [0, 0.05) is 5.92 Å². The molecule has 1 nitrogen and oxygen atoms in total. The summed E-state index contributed by atoms with van der Waals surface area (Å²) in [5.74, 6) is 1.24. The second-order valence-electron chi connectivity index (χ2n) is 3.12. The standard InChI is InChI=1S/C9H10OS/c1-6(10)8-4-9(8)7-2-3-11-5-7/h2-3,5,8-9H,4H2,1H3/t8-,9-/m0/s1. The molecule has 58 valence electrons. The molecule has 1 aromatic rings. The summed E-state index contributed by atoms with van der Waals surface area (Å²) in [6.45, 7) is 1.69. The Morgan fingerprint density at radius 2 is 2.55 bits per heavy atom. The Labute approximate surface area is 70.1 Å². The van der Waals surface area contributed by atoms with Gasteiger partial charge in [-0.1, -0.05) is 0 Å². The van der Waals surface area contributed by atoms with E-state index in [1.54, 1.807) is 18.3 Å². The second-order valence-corrected chi connectivity index (χ2v) is 3.90. The summed E-state index contributed by atoms with van der Waals surface area (Å²) in [4.78, 5) is 10.9. The molecule has 0 amide bonds. The van der Waals surface area contributed by atoms with Crippen molar-refractivity contribution in [2.24, 2.45) is 5.92 Å². The molecule has 1 fully saturated rings. The molecule has 0 bridgehead atoms. The Morgan fingerprint density at radius 3 is 3.00 bits per heavy atom. The number of thiophene rings is 1. The molecule has 0 unspecified atom stereocenters. The molecule has 1 heterocycles. The van der Waals surface area contributed by atoms with E-state index in [0.29, 0.717) is 17.6 Å². The van der Waals surface area contributed by atoms with Crippen LogP contribution in [-0.2, 0) is 4.79 Å². The maximum atomic E-state index is 10.9. The van der Waals surface area contributed by atoms with Crippen LogP contribution in [0.4, 0.5) is 0 Å². The molecule has 0 aromatic carbocycles. The van der Waals surface area contributed by atoms with Crippen LogP contribution < -0.4 is 0 Å². The van der Waals surface area contributed by atoms with Gasteiger partial charge in [-0.25, -0.2) is 0 Å². The summed E-state index contributed by atoms with van der Waals surface area (Å²) in [5, 5.41) is 4.22. The molecule has 2 heteroatoms. The van der Waals surface area contributed by atoms with Gasteiger partial charge in [-0.3, -0.25) is 4.79 Å². The van der Waals surface area contributed by atoms with Crippen molar-refractivity contribution in [3.8, 4) is 0 Å². The van der Waals surface area contributed by atoms with Gasteiger partial charge < -0.3 is 0 Å². The molecule has 11 heavy (non-hydrogen) atoms. The van der Waals surface area contributed by atoms with Crippen molar-refractivity contribution in [2.75, 3.05) is 0 Å². The third-order valence-corrected chi connectivity index (χ3v) is 2.99. The molecule has 1 aromatic heterocycles. The molecule has 2 atom stereocenters. The molecule has 1 aliphatic carbocycles. The fourth-order valence-electron chi connectivity index (χ4n) is 1.50. The number of carbonyl (C=O) groups excluding carboxylic acids is 1. The van der Waals surface area contributed by atoms with E-state index in [2.05, 4.69) is 16.8 Å². The van der Waals surface area contributed by atoms with Crippen molar-refractivity contribution < 1.29 is 4.79 Å². The van der Waals surface area contributed by atoms with Gasteiger partial charge in [0.25, 0.3) is 0 Å². The number of hydrogen-bond donors (Lipinski definition) is 0. The quantitative estimate of drug-likeness (QED) is 0.659. The maximum Gasteiger partial charge on any atom is 0.133 e. The van der Waals surface area contributed by atoms with E-state index in [1.165, 1.54) is 5.56 Å². The van der Waals surface area contributed by atoms with Gasteiger partial charge in [-0.15, -0.1) is 0 Å². The third kappa shape index (κ3) is 1.23. The summed E-state index contributed by atoms with van der Waals surface area (Å²) >= 11 is 1.71. The van der Waals surface area contributed by atoms with Crippen molar-refractivity contribution in [3.05, 3.63) is 22.4 Å². The average molecular weight is 166 g/mol. The SMILES string of the molecule is CC(=O)[C@@H]1C[C@H]1c1ccsc1. The van der Waals surface area contributed by atoms with E-state index in [9.17, 15) is 4.79 Å². The lowest BCUT2D eigenvalue weighted by atomic mass is 10.1. The van der Waals surface area contributed by atoms with Gasteiger partial charge in [-0.2, -0.15) is 11.3 Å². The minimum atomic E-state index is 0.338. The number of Topliss-reactive ketones (excluding diaryl/α,β-unsaturated/α-hetero) is 1. The number of ketones is 1. The highest BCUT2D eigenvalue weighted by Crippen LogP contribution is 2.48. The van der Waals surface area contributed by atoms with E-state index in [1.807, 2.05) is 0 Å². The summed E-state index contributed by atoms with van der Waals surface area (Å²) < 4.78 is 0. The lowest BCUT2D eigenvalue weighted by molar-refractivity contribution is -0.118. The molecule has 0 spiro atoms. The van der Waals surface area contributed by atoms with Crippen LogP contribution in [0.15, 0.2) is 16.8 Å². The monoisotopic (exact) mass is 166 g/mol. The number of carbonyl (C=O) groups is 1. The Balaban J connectivity index is 2.08. The van der Waals surface area contributed by atoms with Crippen LogP contribution in [0, 0.1) is 5.92 Å². The van der Waals surface area contributed by atoms with Gasteiger partial charge >= 0.3 is 0 Å². The van der Waals surface area contributed by atoms with E-state index >= 15 is 0 Å². The van der Waals surface area contributed by atoms with Crippen molar-refractivity contribution in [2.45, 2.75) is 19.3 Å². The fraction of sp³-hybridized carbons (Fsp3) is 0.444. The van der Waals surface area contributed by atoms with Gasteiger partial charge in [0.05, 0.1) is 0 Å². The van der Waals surface area contributed by atoms with Gasteiger partial charge in [-0.05, 0) is 41.7 Å². The van der Waals surface area contributed by atoms with Crippen molar-refractivity contribution in [1.29, 1.82) is 0 Å². The van der Waals surface area contributed by atoms with Crippen molar-refractivity contribution >= 4 is 17.1 Å². The zero-order valence-corrected chi connectivity index (χ0v) is 7.23. The van der Waals surface area contributed by atoms with Crippen LogP contribution in [0.25, 0.3) is 0 Å². The zero-order valence-electron chi connectivity index (χ0n) is 6.41. The normalized spacial score (nSPS) is 28.5. The number of rotatable bonds is 2. The lowest BCUT2D eigenvalue weighted by Gasteiger charge is -1.90. The average Bonchev–Trinajstić information content (AvgIpc) is 2.60. The Bertz CT molecular complexity index is 263. The molecule has 0 saturated heterocycles. The van der Waals surface area contributed by atoms with Gasteiger partial charge in [0.15, 0.2) is 0 Å². The molecule has 1 aliphatic rings. The van der Waals surface area contributed by atoms with Crippen LogP contribution in [0.1, 0.15) is 24.8 Å². The molecule has 0 radical (unpaired) electrons. The first-order valence-corrected chi connectivity index (χ1v) is 4.76. The van der Waals surface area contributed by atoms with E-state index < -0.39 is 0 Å². The van der Waals surface area contributed by atoms with E-state index in [4.69, 9.17) is 0 Å². The summed E-state index contributed by atoms with van der Waals surface area (Å²) in [6.07, 6.45) is 1.08. The summed E-state index contributed by atoms with van der Waals surface area (Å²) in [7, 11) is 0. The van der Waals surface area contributed by atoms with Crippen LogP contribution in [-0.4, -0.2) is 5.78 Å². The highest BCUT2D eigenvalue weighted by atomic mass is 32.1. The van der Waals surface area contributed by atoms with Crippen molar-refractivity contribution in [1.82, 2.24) is 0 Å². The molecule has 1 saturated carbocycles. The Hall–Kier alpha value is -0.630. The topological polar surface area (TPSA) is 17.1 Å². The molecule has 2 rings (SSSR count). The largest absolute Gasteiger partial charge is 0.300 e. The van der Waals surface area contributed by atoms with Crippen molar-refractivity contribution in [3.63, 3.8) is 0 Å². The third-order valence-electron chi connectivity index (χ3n) is 2.28. The van der Waals surface area contributed by atoms with E-state index in [0.717, 1.165) is 6.42 Å². The minimum Gasteiger partial charge on any atom is -0.300 e. The minimum absolute atomic E-state index is 0.338. The van der Waals surface area contributed by atoms with Crippen LogP contribution in [0.5, 0.6) is 0 Å². The number of hydrogen-bond acceptors (Lipinski definition) is 2. The lowest BCUT2D eigenvalue weighted by Crippen LogP contribution is -1.93. The highest BCUT2D eigenvalue weighted by Gasteiger charge is 2.41. The van der Waals surface area contributed by atoms with E-state index in [-0.39, 0.29) is 0 Å². The predicted molar refractivity (Wildman–Crippen MR) is 45.8 cm³/mol. The second kappa shape index (κ2) is 2.45. The highest BCUT2D eigenvalue weighted by molar-refractivity contribution is 7.08. The molecular weight excluding hydrogens is 156 g/mol. The predicted octanol–water partition coefficient (Wildman–Crippen LogP) is 2.44. The summed E-state index contributed by atoms with van der Waals surface area (Å²) in [6, 6.07) is 2.12. The Morgan fingerprint density at radius 1 is 1.73 bits per heavy atom. The molecular formula is C9H10OS. The first kappa shape index (κ1) is 7.04.